The Balaban J connectivity index is 2.46. The van der Waals surface area contributed by atoms with Crippen LogP contribution in [0.4, 0.5) is 0 Å². The molecule has 19 heavy (non-hydrogen) atoms. The van der Waals surface area contributed by atoms with Gasteiger partial charge < -0.3 is 10.2 Å². The monoisotopic (exact) mass is 276 g/mol. The van der Waals surface area contributed by atoms with Crippen molar-refractivity contribution in [1.82, 2.24) is 9.97 Å². The molecule has 0 unspecified atom stereocenters. The summed E-state index contributed by atoms with van der Waals surface area (Å²) in [6.07, 6.45) is 0. The predicted octanol–water partition coefficient (Wildman–Crippen LogP) is 2.74. The van der Waals surface area contributed by atoms with Gasteiger partial charge in [-0.25, -0.2) is 9.97 Å². The lowest BCUT2D eigenvalue weighted by Gasteiger charge is -2.09. The van der Waals surface area contributed by atoms with E-state index in [4.69, 9.17) is 15.6 Å². The van der Waals surface area contributed by atoms with Crippen molar-refractivity contribution in [2.75, 3.05) is 0 Å². The van der Waals surface area contributed by atoms with Gasteiger partial charge in [-0.1, -0.05) is 0 Å². The fourth-order valence-electron chi connectivity index (χ4n) is 1.77. The molecule has 5 nitrogen and oxygen atoms in total. The summed E-state index contributed by atoms with van der Waals surface area (Å²) < 4.78 is 5.53. The first-order valence-corrected chi connectivity index (χ1v) is 6.64. The fraction of sp³-hybridized carbons (Fsp3) is 0.308. The lowest BCUT2D eigenvalue weighted by Crippen LogP contribution is -2.15. The number of nitrogens with zero attached hydrogens (tertiary/aromatic N) is 2. The second-order valence-electron chi connectivity index (χ2n) is 4.40. The predicted molar refractivity (Wildman–Crippen MR) is 74.8 cm³/mol. The number of rotatable bonds is 3. The molecule has 3 N–H and O–H groups in total. The smallest absolute Gasteiger partial charge is 0.262 e. The average molecular weight is 276 g/mol. The highest BCUT2D eigenvalue weighted by Crippen LogP contribution is 2.31. The third kappa shape index (κ3) is 2.78. The molecule has 0 aromatic carbocycles. The second-order valence-corrected chi connectivity index (χ2v) is 5.34. The van der Waals surface area contributed by atoms with E-state index in [9.17, 15) is 0 Å². The van der Waals surface area contributed by atoms with Gasteiger partial charge in [0.15, 0.2) is 0 Å². The molecule has 0 radical (unpaired) electrons. The SMILES string of the molecule is Cc1cc(C)c(C(=N)N)c(Sc2nc(C)c(C)o2)n1. The number of nitrogens with two attached hydrogens (primary N) is 1. The Morgan fingerprint density at radius 3 is 2.47 bits per heavy atom. The van der Waals surface area contributed by atoms with Crippen molar-refractivity contribution in [3.8, 4) is 0 Å². The van der Waals surface area contributed by atoms with Crippen LogP contribution in [0, 0.1) is 33.1 Å². The molecule has 2 heterocycles. The highest BCUT2D eigenvalue weighted by molar-refractivity contribution is 7.99. The van der Waals surface area contributed by atoms with Crippen molar-refractivity contribution >= 4 is 17.6 Å². The molecule has 0 amide bonds. The summed E-state index contributed by atoms with van der Waals surface area (Å²) in [5.41, 5.74) is 8.95. The zero-order chi connectivity index (χ0) is 14.2. The third-order valence-corrected chi connectivity index (χ3v) is 3.61. The highest BCUT2D eigenvalue weighted by atomic mass is 32.2. The van der Waals surface area contributed by atoms with Crippen LogP contribution in [0.15, 0.2) is 20.7 Å². The normalized spacial score (nSPS) is 10.7. The maximum absolute atomic E-state index is 7.67. The molecule has 2 rings (SSSR count). The molecule has 2 aromatic heterocycles. The van der Waals surface area contributed by atoms with Gasteiger partial charge in [0.2, 0.25) is 0 Å². The molecule has 6 heteroatoms. The lowest BCUT2D eigenvalue weighted by atomic mass is 10.1. The molecule has 0 saturated carbocycles. The summed E-state index contributed by atoms with van der Waals surface area (Å²) in [6, 6.07) is 1.91. The van der Waals surface area contributed by atoms with Crippen LogP contribution in [-0.4, -0.2) is 15.8 Å². The molecule has 0 spiro atoms. The van der Waals surface area contributed by atoms with Crippen molar-refractivity contribution in [2.45, 2.75) is 37.9 Å². The molecule has 0 saturated heterocycles. The Kier molecular flexibility index (Phi) is 3.61. The van der Waals surface area contributed by atoms with Gasteiger partial charge in [0, 0.05) is 5.69 Å². The number of nitrogen functional groups attached to an aromatic ring is 1. The van der Waals surface area contributed by atoms with Crippen molar-refractivity contribution in [1.29, 1.82) is 5.41 Å². The van der Waals surface area contributed by atoms with Gasteiger partial charge in [-0.2, -0.15) is 0 Å². The summed E-state index contributed by atoms with van der Waals surface area (Å²) in [7, 11) is 0. The Bertz CT molecular complexity index is 629. The summed E-state index contributed by atoms with van der Waals surface area (Å²) in [5, 5.41) is 8.86. The maximum atomic E-state index is 7.67. The Morgan fingerprint density at radius 1 is 1.26 bits per heavy atom. The number of aromatic nitrogens is 2. The van der Waals surface area contributed by atoms with Crippen LogP contribution in [0.25, 0.3) is 0 Å². The van der Waals surface area contributed by atoms with E-state index in [1.165, 1.54) is 11.8 Å². The van der Waals surface area contributed by atoms with E-state index in [0.29, 0.717) is 15.8 Å². The van der Waals surface area contributed by atoms with Crippen molar-refractivity contribution in [3.05, 3.63) is 34.3 Å². The minimum atomic E-state index is 0.00694. The molecule has 0 aliphatic heterocycles. The van der Waals surface area contributed by atoms with E-state index >= 15 is 0 Å². The molecule has 0 fully saturated rings. The zero-order valence-corrected chi connectivity index (χ0v) is 12.2. The number of aryl methyl sites for hydroxylation is 4. The summed E-state index contributed by atoms with van der Waals surface area (Å²) in [6.45, 7) is 7.59. The molecular formula is C13H16N4OS. The first kappa shape index (κ1) is 13.6. The number of nitrogens with one attached hydrogen (secondary N) is 1. The Hall–Kier alpha value is -1.82. The molecule has 100 valence electrons. The summed E-state index contributed by atoms with van der Waals surface area (Å²) in [4.78, 5) is 8.74. The quantitative estimate of drug-likeness (QED) is 0.664. The van der Waals surface area contributed by atoms with Gasteiger partial charge in [0.1, 0.15) is 16.6 Å². The molecule has 0 aliphatic rings. The van der Waals surface area contributed by atoms with Crippen LogP contribution in [0.3, 0.4) is 0 Å². The van der Waals surface area contributed by atoms with E-state index in [0.717, 1.165) is 22.7 Å². The molecule has 0 atom stereocenters. The first-order valence-electron chi connectivity index (χ1n) is 5.83. The lowest BCUT2D eigenvalue weighted by molar-refractivity contribution is 0.431. The van der Waals surface area contributed by atoms with Crippen LogP contribution in [0.1, 0.15) is 28.3 Å². The topological polar surface area (TPSA) is 88.8 Å². The van der Waals surface area contributed by atoms with Crippen LogP contribution in [0.2, 0.25) is 0 Å². The molecular weight excluding hydrogens is 260 g/mol. The van der Waals surface area contributed by atoms with E-state index in [-0.39, 0.29) is 5.84 Å². The van der Waals surface area contributed by atoms with Gasteiger partial charge in [0.25, 0.3) is 5.22 Å². The van der Waals surface area contributed by atoms with Crippen LogP contribution in [0.5, 0.6) is 0 Å². The van der Waals surface area contributed by atoms with Gasteiger partial charge >= 0.3 is 0 Å². The van der Waals surface area contributed by atoms with E-state index in [1.54, 1.807) is 0 Å². The number of hydrogen-bond donors (Lipinski definition) is 2. The van der Waals surface area contributed by atoms with Gasteiger partial charge in [-0.15, -0.1) is 0 Å². The standard InChI is InChI=1S/C13H16N4OS/c1-6-5-7(2)16-12(10(6)11(14)15)19-13-17-8(3)9(4)18-13/h5H,1-4H3,(H3,14,15). The van der Waals surface area contributed by atoms with Crippen molar-refractivity contribution < 1.29 is 4.42 Å². The van der Waals surface area contributed by atoms with Gasteiger partial charge in [-0.3, -0.25) is 5.41 Å². The molecule has 0 aliphatic carbocycles. The largest absolute Gasteiger partial charge is 0.436 e. The van der Waals surface area contributed by atoms with Crippen molar-refractivity contribution in [2.24, 2.45) is 5.73 Å². The van der Waals surface area contributed by atoms with E-state index in [2.05, 4.69) is 9.97 Å². The Morgan fingerprint density at radius 2 is 1.95 bits per heavy atom. The van der Waals surface area contributed by atoms with E-state index < -0.39 is 0 Å². The summed E-state index contributed by atoms with van der Waals surface area (Å²) in [5.74, 6) is 0.795. The maximum Gasteiger partial charge on any atom is 0.262 e. The van der Waals surface area contributed by atoms with E-state index in [1.807, 2.05) is 33.8 Å². The molecule has 2 aromatic rings. The first-order chi connectivity index (χ1) is 8.88. The second kappa shape index (κ2) is 5.05. The minimum Gasteiger partial charge on any atom is -0.436 e. The van der Waals surface area contributed by atoms with Gasteiger partial charge in [-0.05, 0) is 51.1 Å². The summed E-state index contributed by atoms with van der Waals surface area (Å²) >= 11 is 1.30. The number of oxazole rings is 1. The van der Waals surface area contributed by atoms with Gasteiger partial charge in [0.05, 0.1) is 11.3 Å². The fourth-order valence-corrected chi connectivity index (χ4v) is 2.85. The highest BCUT2D eigenvalue weighted by Gasteiger charge is 2.16. The third-order valence-electron chi connectivity index (χ3n) is 2.77. The minimum absolute atomic E-state index is 0.00694. The number of hydrogen-bond acceptors (Lipinski definition) is 5. The van der Waals surface area contributed by atoms with Crippen LogP contribution >= 0.6 is 11.8 Å². The number of amidine groups is 1. The van der Waals surface area contributed by atoms with Crippen LogP contribution in [-0.2, 0) is 0 Å². The van der Waals surface area contributed by atoms with Crippen LogP contribution < -0.4 is 5.73 Å². The van der Waals surface area contributed by atoms with Crippen molar-refractivity contribution in [3.63, 3.8) is 0 Å². The zero-order valence-electron chi connectivity index (χ0n) is 11.4. The average Bonchev–Trinajstić information content (AvgIpc) is 2.55. The Labute approximate surface area is 116 Å². The molecule has 0 bridgehead atoms. The number of pyridine rings is 1.